The van der Waals surface area contributed by atoms with Crippen LogP contribution in [0.15, 0.2) is 48.5 Å². The first-order valence-electron chi connectivity index (χ1n) is 5.72. The fourth-order valence-electron chi connectivity index (χ4n) is 1.53. The standard InChI is InChI=1S/C14H10ClNO4/c15-12-5-3-11(4-6-12)14(17)20-9-10-1-7-13(8-2-10)16(18)19/h1-8H,9H2. The van der Waals surface area contributed by atoms with Gasteiger partial charge in [-0.15, -0.1) is 0 Å². The van der Waals surface area contributed by atoms with Crippen LogP contribution in [0.3, 0.4) is 0 Å². The van der Waals surface area contributed by atoms with Gasteiger partial charge in [0.25, 0.3) is 5.69 Å². The highest BCUT2D eigenvalue weighted by Crippen LogP contribution is 2.14. The minimum Gasteiger partial charge on any atom is -0.457 e. The summed E-state index contributed by atoms with van der Waals surface area (Å²) in [6.45, 7) is 0.0550. The molecule has 0 fully saturated rings. The molecule has 2 rings (SSSR count). The number of carbonyl (C=O) groups is 1. The van der Waals surface area contributed by atoms with Gasteiger partial charge in [0, 0.05) is 17.2 Å². The summed E-state index contributed by atoms with van der Waals surface area (Å²) in [6.07, 6.45) is 0. The van der Waals surface area contributed by atoms with Crippen LogP contribution in [0.5, 0.6) is 0 Å². The second kappa shape index (κ2) is 6.16. The van der Waals surface area contributed by atoms with E-state index in [-0.39, 0.29) is 12.3 Å². The Morgan fingerprint density at radius 3 is 2.25 bits per heavy atom. The number of hydrogen-bond donors (Lipinski definition) is 0. The zero-order chi connectivity index (χ0) is 14.5. The van der Waals surface area contributed by atoms with E-state index < -0.39 is 10.9 Å². The third kappa shape index (κ3) is 3.55. The number of ether oxygens (including phenoxy) is 1. The second-order valence-electron chi connectivity index (χ2n) is 4.01. The Bertz CT molecular complexity index is 623. The molecule has 2 aromatic carbocycles. The molecule has 0 spiro atoms. The van der Waals surface area contributed by atoms with E-state index in [9.17, 15) is 14.9 Å². The average Bonchev–Trinajstić information content (AvgIpc) is 2.46. The molecule has 0 saturated carbocycles. The topological polar surface area (TPSA) is 69.4 Å². The molecule has 5 nitrogen and oxygen atoms in total. The molecule has 0 aromatic heterocycles. The lowest BCUT2D eigenvalue weighted by atomic mass is 10.2. The van der Waals surface area contributed by atoms with Crippen molar-refractivity contribution in [2.45, 2.75) is 6.61 Å². The van der Waals surface area contributed by atoms with Crippen molar-refractivity contribution in [2.24, 2.45) is 0 Å². The van der Waals surface area contributed by atoms with E-state index in [0.717, 1.165) is 0 Å². The molecule has 0 heterocycles. The summed E-state index contributed by atoms with van der Waals surface area (Å²) in [5.41, 5.74) is 1.08. The molecule has 0 amide bonds. The summed E-state index contributed by atoms with van der Waals surface area (Å²) in [5.74, 6) is -0.472. The lowest BCUT2D eigenvalue weighted by molar-refractivity contribution is -0.384. The highest BCUT2D eigenvalue weighted by atomic mass is 35.5. The maximum Gasteiger partial charge on any atom is 0.338 e. The monoisotopic (exact) mass is 291 g/mol. The normalized spacial score (nSPS) is 10.1. The van der Waals surface area contributed by atoms with E-state index in [2.05, 4.69) is 0 Å². The van der Waals surface area contributed by atoms with Crippen LogP contribution in [-0.2, 0) is 11.3 Å². The number of benzene rings is 2. The first-order chi connectivity index (χ1) is 9.56. The lowest BCUT2D eigenvalue weighted by Gasteiger charge is -2.05. The minimum atomic E-state index is -0.483. The maximum atomic E-state index is 11.7. The number of esters is 1. The van der Waals surface area contributed by atoms with Crippen molar-refractivity contribution < 1.29 is 14.5 Å². The van der Waals surface area contributed by atoms with E-state index in [1.54, 1.807) is 36.4 Å². The van der Waals surface area contributed by atoms with Crippen molar-refractivity contribution in [3.63, 3.8) is 0 Å². The van der Waals surface area contributed by atoms with Crippen LogP contribution in [0.2, 0.25) is 5.02 Å². The smallest absolute Gasteiger partial charge is 0.338 e. The van der Waals surface area contributed by atoms with Gasteiger partial charge in [-0.05, 0) is 42.0 Å². The van der Waals surface area contributed by atoms with Crippen molar-refractivity contribution in [1.82, 2.24) is 0 Å². The molecule has 2 aromatic rings. The number of halogens is 1. The molecule has 0 atom stereocenters. The minimum absolute atomic E-state index is 0.00206. The number of nitrogens with zero attached hydrogens (tertiary/aromatic N) is 1. The zero-order valence-electron chi connectivity index (χ0n) is 10.3. The van der Waals surface area contributed by atoms with Crippen LogP contribution < -0.4 is 0 Å². The molecule has 0 N–H and O–H groups in total. The number of nitro benzene ring substituents is 1. The number of carbonyl (C=O) groups excluding carboxylic acids is 1. The predicted octanol–water partition coefficient (Wildman–Crippen LogP) is 3.61. The molecule has 20 heavy (non-hydrogen) atoms. The van der Waals surface area contributed by atoms with Crippen LogP contribution >= 0.6 is 11.6 Å². The van der Waals surface area contributed by atoms with Gasteiger partial charge < -0.3 is 4.74 Å². The first kappa shape index (κ1) is 14.0. The molecular weight excluding hydrogens is 282 g/mol. The van der Waals surface area contributed by atoms with Crippen LogP contribution in [0.25, 0.3) is 0 Å². The van der Waals surface area contributed by atoms with Gasteiger partial charge in [-0.1, -0.05) is 11.6 Å². The number of rotatable bonds is 4. The molecule has 0 radical (unpaired) electrons. The molecule has 0 saturated heterocycles. The van der Waals surface area contributed by atoms with Crippen molar-refractivity contribution in [1.29, 1.82) is 0 Å². The Kier molecular flexibility index (Phi) is 4.32. The van der Waals surface area contributed by atoms with Gasteiger partial charge >= 0.3 is 5.97 Å². The third-order valence-corrected chi connectivity index (χ3v) is 2.85. The zero-order valence-corrected chi connectivity index (χ0v) is 11.0. The summed E-state index contributed by atoms with van der Waals surface area (Å²) in [7, 11) is 0. The summed E-state index contributed by atoms with van der Waals surface area (Å²) >= 11 is 5.72. The molecule has 0 aliphatic carbocycles. The van der Waals surface area contributed by atoms with E-state index in [1.165, 1.54) is 12.1 Å². The van der Waals surface area contributed by atoms with Gasteiger partial charge in [-0.3, -0.25) is 10.1 Å². The molecule has 0 bridgehead atoms. The number of nitro groups is 1. The van der Waals surface area contributed by atoms with Gasteiger partial charge in [0.05, 0.1) is 10.5 Å². The van der Waals surface area contributed by atoms with E-state index in [0.29, 0.717) is 16.1 Å². The quantitative estimate of drug-likeness (QED) is 0.490. The van der Waals surface area contributed by atoms with E-state index in [4.69, 9.17) is 16.3 Å². The molecule has 102 valence electrons. The van der Waals surface area contributed by atoms with Crippen LogP contribution in [0.4, 0.5) is 5.69 Å². The Morgan fingerprint density at radius 1 is 1.10 bits per heavy atom. The Morgan fingerprint density at radius 2 is 1.70 bits per heavy atom. The molecular formula is C14H10ClNO4. The Labute approximate surface area is 119 Å². The van der Waals surface area contributed by atoms with Crippen molar-refractivity contribution in [3.8, 4) is 0 Å². The van der Waals surface area contributed by atoms with Crippen LogP contribution in [0.1, 0.15) is 15.9 Å². The molecule has 0 aliphatic rings. The SMILES string of the molecule is O=C(OCc1ccc([N+](=O)[O-])cc1)c1ccc(Cl)cc1. The summed E-state index contributed by atoms with van der Waals surface area (Å²) in [4.78, 5) is 21.7. The maximum absolute atomic E-state index is 11.7. The summed E-state index contributed by atoms with van der Waals surface area (Å²) < 4.78 is 5.10. The van der Waals surface area contributed by atoms with Gasteiger partial charge in [-0.2, -0.15) is 0 Å². The summed E-state index contributed by atoms with van der Waals surface area (Å²) in [6, 6.07) is 12.2. The van der Waals surface area contributed by atoms with Crippen molar-refractivity contribution in [2.75, 3.05) is 0 Å². The third-order valence-electron chi connectivity index (χ3n) is 2.60. The fourth-order valence-corrected chi connectivity index (χ4v) is 1.66. The average molecular weight is 292 g/mol. The van der Waals surface area contributed by atoms with Crippen LogP contribution in [-0.4, -0.2) is 10.9 Å². The highest BCUT2D eigenvalue weighted by Gasteiger charge is 2.08. The Balaban J connectivity index is 1.96. The fraction of sp³-hybridized carbons (Fsp3) is 0.0714. The predicted molar refractivity (Wildman–Crippen MR) is 73.7 cm³/mol. The van der Waals surface area contributed by atoms with Gasteiger partial charge in [-0.25, -0.2) is 4.79 Å². The largest absolute Gasteiger partial charge is 0.457 e. The van der Waals surface area contributed by atoms with Gasteiger partial charge in [0.15, 0.2) is 0 Å². The van der Waals surface area contributed by atoms with Gasteiger partial charge in [0.1, 0.15) is 6.61 Å². The molecule has 0 aliphatic heterocycles. The van der Waals surface area contributed by atoms with Crippen molar-refractivity contribution >= 4 is 23.3 Å². The van der Waals surface area contributed by atoms with Crippen molar-refractivity contribution in [3.05, 3.63) is 74.8 Å². The first-order valence-corrected chi connectivity index (χ1v) is 6.10. The number of hydrogen-bond acceptors (Lipinski definition) is 4. The highest BCUT2D eigenvalue weighted by molar-refractivity contribution is 6.30. The lowest BCUT2D eigenvalue weighted by Crippen LogP contribution is -2.05. The van der Waals surface area contributed by atoms with Crippen LogP contribution in [0, 0.1) is 10.1 Å². The molecule has 6 heteroatoms. The molecule has 0 unspecified atom stereocenters. The number of non-ortho nitro benzene ring substituents is 1. The summed E-state index contributed by atoms with van der Waals surface area (Å²) in [5, 5.41) is 11.0. The van der Waals surface area contributed by atoms with Gasteiger partial charge in [0.2, 0.25) is 0 Å². The Hall–Kier alpha value is -2.40. The van der Waals surface area contributed by atoms with E-state index >= 15 is 0 Å². The second-order valence-corrected chi connectivity index (χ2v) is 4.44. The van der Waals surface area contributed by atoms with E-state index in [1.807, 2.05) is 0 Å².